The maximum absolute atomic E-state index is 4.78. The molecule has 0 amide bonds. The van der Waals surface area contributed by atoms with Gasteiger partial charge in [-0.2, -0.15) is 0 Å². The number of benzene rings is 1. The molecule has 3 heteroatoms. The van der Waals surface area contributed by atoms with Gasteiger partial charge in [0.15, 0.2) is 0 Å². The van der Waals surface area contributed by atoms with Crippen molar-refractivity contribution >= 4 is 12.4 Å². The molecule has 1 aromatic carbocycles. The molecule has 0 aromatic heterocycles. The number of hydrogen-bond acceptors (Lipinski definition) is 3. The van der Waals surface area contributed by atoms with Gasteiger partial charge in [0.1, 0.15) is 6.67 Å². The van der Waals surface area contributed by atoms with Crippen LogP contribution in [0.25, 0.3) is 0 Å². The van der Waals surface area contributed by atoms with Gasteiger partial charge < -0.3 is 4.90 Å². The summed E-state index contributed by atoms with van der Waals surface area (Å²) in [4.78, 5) is 11.6. The van der Waals surface area contributed by atoms with Crippen LogP contribution in [0.3, 0.4) is 0 Å². The minimum atomic E-state index is 0.441. The molecular weight excluding hydrogens is 354 g/mol. The SMILES string of the molecule is C=CC(=C)/C=C(C)/C=N\C(=C/C(C)CC)C1=CN(Cc2ccc(C)cc2)CN=C1. The van der Waals surface area contributed by atoms with E-state index in [0.29, 0.717) is 12.6 Å². The molecule has 1 heterocycles. The van der Waals surface area contributed by atoms with E-state index in [1.165, 1.54) is 11.1 Å². The number of hydrogen-bond donors (Lipinski definition) is 0. The molecule has 1 aliphatic heterocycles. The Morgan fingerprint density at radius 3 is 2.69 bits per heavy atom. The van der Waals surface area contributed by atoms with Crippen LogP contribution in [0.4, 0.5) is 0 Å². The van der Waals surface area contributed by atoms with Crippen molar-refractivity contribution in [3.63, 3.8) is 0 Å². The lowest BCUT2D eigenvalue weighted by atomic mass is 10.0. The molecule has 0 bridgehead atoms. The van der Waals surface area contributed by atoms with Gasteiger partial charge >= 0.3 is 0 Å². The van der Waals surface area contributed by atoms with Gasteiger partial charge in [-0.1, -0.05) is 81.5 Å². The molecule has 1 atom stereocenters. The maximum Gasteiger partial charge on any atom is 0.110 e. The van der Waals surface area contributed by atoms with Crippen LogP contribution >= 0.6 is 0 Å². The third kappa shape index (κ3) is 7.53. The van der Waals surface area contributed by atoms with Gasteiger partial charge in [0.25, 0.3) is 0 Å². The van der Waals surface area contributed by atoms with E-state index < -0.39 is 0 Å². The average molecular weight is 388 g/mol. The molecule has 3 nitrogen and oxygen atoms in total. The fourth-order valence-corrected chi connectivity index (χ4v) is 2.83. The van der Waals surface area contributed by atoms with Crippen LogP contribution in [-0.2, 0) is 6.54 Å². The summed E-state index contributed by atoms with van der Waals surface area (Å²) in [5, 5.41) is 0. The summed E-state index contributed by atoms with van der Waals surface area (Å²) in [7, 11) is 0. The molecule has 0 fully saturated rings. The van der Waals surface area contributed by atoms with Crippen molar-refractivity contribution in [1.82, 2.24) is 4.90 Å². The van der Waals surface area contributed by atoms with Gasteiger partial charge in [-0.25, -0.2) is 0 Å². The first-order valence-electron chi connectivity index (χ1n) is 10.2. The number of rotatable bonds is 9. The second-order valence-electron chi connectivity index (χ2n) is 7.63. The van der Waals surface area contributed by atoms with E-state index in [2.05, 4.69) is 80.4 Å². The van der Waals surface area contributed by atoms with E-state index in [0.717, 1.165) is 35.4 Å². The lowest BCUT2D eigenvalue weighted by Crippen LogP contribution is -2.21. The minimum absolute atomic E-state index is 0.441. The average Bonchev–Trinajstić information content (AvgIpc) is 2.72. The zero-order valence-corrected chi connectivity index (χ0v) is 18.2. The van der Waals surface area contributed by atoms with Crippen LogP contribution in [0.1, 0.15) is 38.3 Å². The van der Waals surface area contributed by atoms with Crippen molar-refractivity contribution in [3.8, 4) is 0 Å². The zero-order valence-electron chi connectivity index (χ0n) is 18.2. The van der Waals surface area contributed by atoms with Crippen LogP contribution in [0, 0.1) is 12.8 Å². The Labute approximate surface area is 176 Å². The van der Waals surface area contributed by atoms with Crippen molar-refractivity contribution < 1.29 is 0 Å². The summed E-state index contributed by atoms with van der Waals surface area (Å²) in [5.74, 6) is 0.441. The van der Waals surface area contributed by atoms with E-state index in [4.69, 9.17) is 4.99 Å². The van der Waals surface area contributed by atoms with E-state index in [1.54, 1.807) is 6.08 Å². The Morgan fingerprint density at radius 2 is 2.03 bits per heavy atom. The summed E-state index contributed by atoms with van der Waals surface area (Å²) >= 11 is 0. The summed E-state index contributed by atoms with van der Waals surface area (Å²) in [6.45, 7) is 17.7. The minimum Gasteiger partial charge on any atom is -0.353 e. The molecule has 0 spiro atoms. The van der Waals surface area contributed by atoms with Gasteiger partial charge in [-0.3, -0.25) is 9.98 Å². The van der Waals surface area contributed by atoms with E-state index in [1.807, 2.05) is 25.4 Å². The normalized spacial score (nSPS) is 16.1. The fourth-order valence-electron chi connectivity index (χ4n) is 2.83. The summed E-state index contributed by atoms with van der Waals surface area (Å²) in [6.07, 6.45) is 13.0. The van der Waals surface area contributed by atoms with Crippen LogP contribution in [0.15, 0.2) is 94.3 Å². The van der Waals surface area contributed by atoms with Crippen molar-refractivity contribution in [2.75, 3.05) is 6.67 Å². The van der Waals surface area contributed by atoms with Crippen molar-refractivity contribution in [2.24, 2.45) is 15.9 Å². The molecule has 0 N–H and O–H groups in total. The molecule has 0 saturated heterocycles. The predicted octanol–water partition coefficient (Wildman–Crippen LogP) is 6.41. The Balaban J connectivity index is 2.25. The maximum atomic E-state index is 4.78. The molecule has 0 saturated carbocycles. The molecule has 0 aliphatic carbocycles. The van der Waals surface area contributed by atoms with Crippen molar-refractivity contribution in [2.45, 2.75) is 40.7 Å². The Morgan fingerprint density at radius 1 is 1.31 bits per heavy atom. The monoisotopic (exact) mass is 387 g/mol. The smallest absolute Gasteiger partial charge is 0.110 e. The highest BCUT2D eigenvalue weighted by Gasteiger charge is 2.11. The summed E-state index contributed by atoms with van der Waals surface area (Å²) in [5.41, 5.74) is 6.46. The van der Waals surface area contributed by atoms with E-state index in [9.17, 15) is 0 Å². The predicted molar refractivity (Wildman–Crippen MR) is 127 cm³/mol. The number of nitrogens with zero attached hydrogens (tertiary/aromatic N) is 3. The van der Waals surface area contributed by atoms with Crippen LogP contribution in [0.2, 0.25) is 0 Å². The van der Waals surface area contributed by atoms with Gasteiger partial charge in [-0.15, -0.1) is 0 Å². The molecule has 1 aliphatic rings. The molecule has 152 valence electrons. The summed E-state index contributed by atoms with van der Waals surface area (Å²) < 4.78 is 0. The number of allylic oxidation sites excluding steroid dienone is 6. The Kier molecular flexibility index (Phi) is 8.60. The van der Waals surface area contributed by atoms with Crippen LogP contribution in [-0.4, -0.2) is 24.0 Å². The fraction of sp³-hybridized carbons (Fsp3) is 0.308. The number of aryl methyl sites for hydroxylation is 1. The van der Waals surface area contributed by atoms with Crippen LogP contribution < -0.4 is 0 Å². The van der Waals surface area contributed by atoms with Crippen molar-refractivity contribution in [3.05, 3.63) is 95.4 Å². The molecule has 1 aromatic rings. The lowest BCUT2D eigenvalue weighted by Gasteiger charge is -2.23. The standard InChI is InChI=1S/C26H33N3/c1-7-20(3)13-23(6)15-28-26(14-21(4)8-2)25-16-27-19-29(18-25)17-24-11-9-22(5)10-12-24/h7,9-16,18,21H,1,3,8,17,19H2,2,4-6H3/b23-13+,26-14-,28-15-. The van der Waals surface area contributed by atoms with Gasteiger partial charge in [0.05, 0.1) is 5.70 Å². The molecule has 1 unspecified atom stereocenters. The quantitative estimate of drug-likeness (QED) is 0.355. The summed E-state index contributed by atoms with van der Waals surface area (Å²) in [6, 6.07) is 8.65. The van der Waals surface area contributed by atoms with Crippen molar-refractivity contribution in [1.29, 1.82) is 0 Å². The highest BCUT2D eigenvalue weighted by Crippen LogP contribution is 2.20. The Hall–Kier alpha value is -2.94. The third-order valence-corrected chi connectivity index (χ3v) is 4.79. The molecule has 0 radical (unpaired) electrons. The largest absolute Gasteiger partial charge is 0.353 e. The topological polar surface area (TPSA) is 28.0 Å². The lowest BCUT2D eigenvalue weighted by molar-refractivity contribution is 0.377. The first-order valence-corrected chi connectivity index (χ1v) is 10.2. The van der Waals surface area contributed by atoms with Gasteiger partial charge in [-0.05, 0) is 36.5 Å². The second-order valence-corrected chi connectivity index (χ2v) is 7.63. The molecule has 2 rings (SSSR count). The van der Waals surface area contributed by atoms with E-state index in [-0.39, 0.29) is 0 Å². The van der Waals surface area contributed by atoms with Gasteiger partial charge in [0, 0.05) is 30.7 Å². The molecular formula is C26H33N3. The number of aliphatic imine (C=N–C) groups is 2. The first-order chi connectivity index (χ1) is 13.9. The first kappa shape index (κ1) is 22.4. The van der Waals surface area contributed by atoms with Gasteiger partial charge in [0.2, 0.25) is 0 Å². The molecule has 29 heavy (non-hydrogen) atoms. The van der Waals surface area contributed by atoms with Crippen LogP contribution in [0.5, 0.6) is 0 Å². The second kappa shape index (κ2) is 11.2. The highest BCUT2D eigenvalue weighted by atomic mass is 15.2. The Bertz CT molecular complexity index is 864. The highest BCUT2D eigenvalue weighted by molar-refractivity contribution is 5.87. The zero-order chi connectivity index (χ0) is 21.2. The van der Waals surface area contributed by atoms with E-state index >= 15 is 0 Å². The third-order valence-electron chi connectivity index (χ3n) is 4.79.